The summed E-state index contributed by atoms with van der Waals surface area (Å²) in [7, 11) is 0. The van der Waals surface area contributed by atoms with Gasteiger partial charge in [0.15, 0.2) is 6.61 Å². The summed E-state index contributed by atoms with van der Waals surface area (Å²) < 4.78 is 4.78. The number of esters is 1. The zero-order valence-corrected chi connectivity index (χ0v) is 13.7. The lowest BCUT2D eigenvalue weighted by molar-refractivity contribution is -0.146. The van der Waals surface area contributed by atoms with Crippen molar-refractivity contribution in [3.05, 3.63) is 65.7 Å². The second-order valence-corrected chi connectivity index (χ2v) is 5.20. The quantitative estimate of drug-likeness (QED) is 0.630. The molecule has 2 aromatic rings. The number of carbonyl (C=O) groups is 4. The first kappa shape index (κ1) is 18.7. The van der Waals surface area contributed by atoms with Gasteiger partial charge in [0.2, 0.25) is 5.91 Å². The molecule has 0 spiro atoms. The van der Waals surface area contributed by atoms with Gasteiger partial charge in [0.05, 0.1) is 0 Å². The summed E-state index contributed by atoms with van der Waals surface area (Å²) in [6, 6.07) is 14.3. The van der Waals surface area contributed by atoms with Crippen LogP contribution >= 0.6 is 0 Å². The average molecular weight is 355 g/mol. The molecule has 0 radical (unpaired) electrons. The predicted molar refractivity (Wildman–Crippen MR) is 93.3 cm³/mol. The number of hydrogen-bond donors (Lipinski definition) is 3. The van der Waals surface area contributed by atoms with Crippen LogP contribution in [0, 0.1) is 0 Å². The fourth-order valence-electron chi connectivity index (χ4n) is 1.96. The lowest BCUT2D eigenvalue weighted by atomic mass is 10.2. The predicted octanol–water partition coefficient (Wildman–Crippen LogP) is 0.697. The van der Waals surface area contributed by atoms with E-state index < -0.39 is 30.3 Å². The van der Waals surface area contributed by atoms with Gasteiger partial charge in [0.25, 0.3) is 11.8 Å². The first-order chi connectivity index (χ1) is 12.5. The van der Waals surface area contributed by atoms with Crippen LogP contribution in [-0.4, -0.2) is 36.8 Å². The van der Waals surface area contributed by atoms with Gasteiger partial charge in [-0.25, -0.2) is 0 Å². The number of benzene rings is 2. The van der Waals surface area contributed by atoms with Gasteiger partial charge in [-0.15, -0.1) is 0 Å². The fraction of sp³-hybridized carbons (Fsp3) is 0.111. The SMILES string of the molecule is NC(=O)c1ccc(NC(=O)COC(=O)CNC(=O)c2ccccc2)cc1. The molecule has 0 aliphatic rings. The van der Waals surface area contributed by atoms with Crippen LogP contribution in [0.1, 0.15) is 20.7 Å². The Morgan fingerprint density at radius 1 is 0.885 bits per heavy atom. The molecule has 26 heavy (non-hydrogen) atoms. The zero-order chi connectivity index (χ0) is 18.9. The third-order valence-electron chi connectivity index (χ3n) is 3.25. The topological polar surface area (TPSA) is 128 Å². The van der Waals surface area contributed by atoms with Gasteiger partial charge >= 0.3 is 5.97 Å². The first-order valence-electron chi connectivity index (χ1n) is 7.64. The summed E-state index contributed by atoms with van der Waals surface area (Å²) in [5.74, 6) is -2.29. The van der Waals surface area contributed by atoms with Crippen molar-refractivity contribution in [2.75, 3.05) is 18.5 Å². The number of nitrogens with two attached hydrogens (primary N) is 1. The maximum Gasteiger partial charge on any atom is 0.325 e. The Bertz CT molecular complexity index is 803. The highest BCUT2D eigenvalue weighted by Gasteiger charge is 2.11. The monoisotopic (exact) mass is 355 g/mol. The van der Waals surface area contributed by atoms with E-state index in [0.29, 0.717) is 16.8 Å². The van der Waals surface area contributed by atoms with Crippen molar-refractivity contribution >= 4 is 29.4 Å². The summed E-state index contributed by atoms with van der Waals surface area (Å²) in [5.41, 5.74) is 6.27. The van der Waals surface area contributed by atoms with E-state index in [2.05, 4.69) is 10.6 Å². The Balaban J connectivity index is 1.72. The first-order valence-corrected chi connectivity index (χ1v) is 7.64. The summed E-state index contributed by atoms with van der Waals surface area (Å²) in [5, 5.41) is 4.90. The van der Waals surface area contributed by atoms with E-state index in [1.165, 1.54) is 24.3 Å². The number of hydrogen-bond acceptors (Lipinski definition) is 5. The summed E-state index contributed by atoms with van der Waals surface area (Å²) >= 11 is 0. The van der Waals surface area contributed by atoms with E-state index in [0.717, 1.165) is 0 Å². The molecule has 134 valence electrons. The van der Waals surface area contributed by atoms with Crippen LogP contribution in [0.2, 0.25) is 0 Å². The Hall–Kier alpha value is -3.68. The van der Waals surface area contributed by atoms with Gasteiger partial charge in [-0.05, 0) is 36.4 Å². The van der Waals surface area contributed by atoms with E-state index in [1.54, 1.807) is 30.3 Å². The number of nitrogens with one attached hydrogen (secondary N) is 2. The van der Waals surface area contributed by atoms with Crippen molar-refractivity contribution in [1.82, 2.24) is 5.32 Å². The number of rotatable bonds is 7. The van der Waals surface area contributed by atoms with E-state index in [1.807, 2.05) is 0 Å². The molecule has 0 aliphatic carbocycles. The molecule has 0 saturated heterocycles. The second-order valence-electron chi connectivity index (χ2n) is 5.20. The van der Waals surface area contributed by atoms with Crippen LogP contribution in [0.5, 0.6) is 0 Å². The molecule has 0 saturated carbocycles. The molecule has 3 amide bonds. The molecule has 0 atom stereocenters. The minimum Gasteiger partial charge on any atom is -0.454 e. The third kappa shape index (κ3) is 5.75. The zero-order valence-electron chi connectivity index (χ0n) is 13.7. The third-order valence-corrected chi connectivity index (χ3v) is 3.25. The maximum absolute atomic E-state index is 11.8. The molecule has 0 aliphatic heterocycles. The minimum atomic E-state index is -0.742. The standard InChI is InChI=1S/C18H17N3O5/c19-17(24)12-6-8-14(9-7-12)21-15(22)11-26-16(23)10-20-18(25)13-4-2-1-3-5-13/h1-9H,10-11H2,(H2,19,24)(H,20,25)(H,21,22). The molecule has 2 rings (SSSR count). The molecule has 2 aromatic carbocycles. The van der Waals surface area contributed by atoms with Crippen LogP contribution in [0.15, 0.2) is 54.6 Å². The number of anilines is 1. The van der Waals surface area contributed by atoms with Crippen molar-refractivity contribution in [2.45, 2.75) is 0 Å². The van der Waals surface area contributed by atoms with Gasteiger partial charge < -0.3 is 21.1 Å². The number of ether oxygens (including phenoxy) is 1. The molecule has 0 unspecified atom stereocenters. The van der Waals surface area contributed by atoms with Crippen molar-refractivity contribution in [2.24, 2.45) is 5.73 Å². The maximum atomic E-state index is 11.8. The summed E-state index contributed by atoms with van der Waals surface area (Å²) in [6.07, 6.45) is 0. The Morgan fingerprint density at radius 3 is 2.15 bits per heavy atom. The van der Waals surface area contributed by atoms with E-state index in [-0.39, 0.29) is 6.54 Å². The fourth-order valence-corrected chi connectivity index (χ4v) is 1.96. The van der Waals surface area contributed by atoms with Gasteiger partial charge in [-0.3, -0.25) is 19.2 Å². The van der Waals surface area contributed by atoms with Crippen molar-refractivity contribution in [1.29, 1.82) is 0 Å². The average Bonchev–Trinajstić information content (AvgIpc) is 2.65. The Labute approximate surface area is 149 Å². The van der Waals surface area contributed by atoms with Gasteiger partial charge in [-0.1, -0.05) is 18.2 Å². The molecule has 0 fully saturated rings. The molecule has 0 aromatic heterocycles. The van der Waals surface area contributed by atoms with Crippen LogP contribution in [0.25, 0.3) is 0 Å². The second kappa shape index (κ2) is 8.97. The molecule has 4 N–H and O–H groups in total. The number of amides is 3. The highest BCUT2D eigenvalue weighted by Crippen LogP contribution is 2.09. The molecule has 8 nitrogen and oxygen atoms in total. The molecule has 8 heteroatoms. The Morgan fingerprint density at radius 2 is 1.54 bits per heavy atom. The van der Waals surface area contributed by atoms with E-state index in [9.17, 15) is 19.2 Å². The van der Waals surface area contributed by atoms with Gasteiger partial charge in [0.1, 0.15) is 6.54 Å². The molecular weight excluding hydrogens is 338 g/mol. The van der Waals surface area contributed by atoms with Crippen LogP contribution in [-0.2, 0) is 14.3 Å². The number of primary amides is 1. The lowest BCUT2D eigenvalue weighted by Gasteiger charge is -2.08. The molecular formula is C18H17N3O5. The van der Waals surface area contributed by atoms with Gasteiger partial charge in [-0.2, -0.15) is 0 Å². The highest BCUT2D eigenvalue weighted by atomic mass is 16.5. The normalized spacial score (nSPS) is 9.85. The lowest BCUT2D eigenvalue weighted by Crippen LogP contribution is -2.32. The largest absolute Gasteiger partial charge is 0.454 e. The highest BCUT2D eigenvalue weighted by molar-refractivity contribution is 5.97. The van der Waals surface area contributed by atoms with Crippen LogP contribution in [0.3, 0.4) is 0 Å². The minimum absolute atomic E-state index is 0.309. The van der Waals surface area contributed by atoms with Crippen LogP contribution < -0.4 is 16.4 Å². The summed E-state index contributed by atoms with van der Waals surface area (Å²) in [4.78, 5) is 46.0. The Kier molecular flexibility index (Phi) is 6.44. The van der Waals surface area contributed by atoms with Crippen LogP contribution in [0.4, 0.5) is 5.69 Å². The van der Waals surface area contributed by atoms with E-state index >= 15 is 0 Å². The molecule has 0 heterocycles. The summed E-state index contributed by atoms with van der Waals surface area (Å²) in [6.45, 7) is -0.855. The number of carbonyl (C=O) groups excluding carboxylic acids is 4. The van der Waals surface area contributed by atoms with Gasteiger partial charge in [0, 0.05) is 16.8 Å². The smallest absolute Gasteiger partial charge is 0.325 e. The van der Waals surface area contributed by atoms with E-state index in [4.69, 9.17) is 10.5 Å². The van der Waals surface area contributed by atoms with Crippen molar-refractivity contribution in [3.63, 3.8) is 0 Å². The molecule has 0 bridgehead atoms. The van der Waals surface area contributed by atoms with Crippen molar-refractivity contribution < 1.29 is 23.9 Å². The van der Waals surface area contributed by atoms with Crippen molar-refractivity contribution in [3.8, 4) is 0 Å².